The molecule has 6 nitrogen and oxygen atoms in total. The summed E-state index contributed by atoms with van der Waals surface area (Å²) in [5, 5.41) is 5.77. The van der Waals surface area contributed by atoms with Gasteiger partial charge in [-0.05, 0) is 36.5 Å². The first-order valence-electron chi connectivity index (χ1n) is 10.7. The second-order valence-corrected chi connectivity index (χ2v) is 9.28. The molecular formula is C24H27N3O3S. The fourth-order valence-electron chi connectivity index (χ4n) is 4.40. The summed E-state index contributed by atoms with van der Waals surface area (Å²) in [5.41, 5.74) is 1.03. The minimum absolute atomic E-state index is 0.0703. The molecule has 7 heteroatoms. The second kappa shape index (κ2) is 9.14. The van der Waals surface area contributed by atoms with Gasteiger partial charge in [-0.3, -0.25) is 14.5 Å². The Morgan fingerprint density at radius 2 is 1.87 bits per heavy atom. The van der Waals surface area contributed by atoms with Crippen LogP contribution in [0, 0.1) is 5.92 Å². The Morgan fingerprint density at radius 1 is 1.13 bits per heavy atom. The topological polar surface area (TPSA) is 78.5 Å². The highest BCUT2D eigenvalue weighted by atomic mass is 32.2. The van der Waals surface area contributed by atoms with Crippen LogP contribution in [-0.4, -0.2) is 34.8 Å². The Kier molecular flexibility index (Phi) is 6.32. The number of para-hydroxylation sites is 1. The molecule has 2 aromatic carbocycles. The lowest BCUT2D eigenvalue weighted by molar-refractivity contribution is -0.136. The molecule has 0 unspecified atom stereocenters. The smallest absolute Gasteiger partial charge is 0.324 e. The first-order valence-corrected chi connectivity index (χ1v) is 11.7. The minimum atomic E-state index is -0.848. The molecule has 0 aromatic heterocycles. The third kappa shape index (κ3) is 4.46. The number of anilines is 1. The van der Waals surface area contributed by atoms with Crippen LogP contribution in [-0.2, 0) is 15.3 Å². The zero-order valence-corrected chi connectivity index (χ0v) is 18.4. The summed E-state index contributed by atoms with van der Waals surface area (Å²) < 4.78 is 0. The average molecular weight is 438 g/mol. The van der Waals surface area contributed by atoms with Crippen molar-refractivity contribution in [1.82, 2.24) is 10.2 Å². The number of nitrogens with zero attached hydrogens (tertiary/aromatic N) is 1. The fourth-order valence-corrected chi connectivity index (χ4v) is 5.37. The molecule has 2 N–H and O–H groups in total. The van der Waals surface area contributed by atoms with Gasteiger partial charge in [0.25, 0.3) is 5.91 Å². The van der Waals surface area contributed by atoms with Crippen molar-refractivity contribution in [1.29, 1.82) is 0 Å². The van der Waals surface area contributed by atoms with Gasteiger partial charge in [0.1, 0.15) is 12.1 Å². The molecule has 1 heterocycles. The summed E-state index contributed by atoms with van der Waals surface area (Å²) in [6, 6.07) is 17.2. The third-order valence-electron chi connectivity index (χ3n) is 6.20. The van der Waals surface area contributed by atoms with Crippen molar-refractivity contribution in [3.8, 4) is 0 Å². The first kappa shape index (κ1) is 21.4. The van der Waals surface area contributed by atoms with Crippen molar-refractivity contribution in [3.63, 3.8) is 0 Å². The molecule has 4 amide bonds. The number of nitrogens with one attached hydrogen (secondary N) is 2. The average Bonchev–Trinajstić information content (AvgIpc) is 3.01. The summed E-state index contributed by atoms with van der Waals surface area (Å²) in [4.78, 5) is 40.4. The third-order valence-corrected chi connectivity index (χ3v) is 7.35. The van der Waals surface area contributed by atoms with Crippen LogP contribution in [0.4, 0.5) is 10.5 Å². The van der Waals surface area contributed by atoms with Crippen molar-refractivity contribution in [3.05, 3.63) is 60.2 Å². The summed E-state index contributed by atoms with van der Waals surface area (Å²) in [5.74, 6) is 0.200. The zero-order valence-electron chi connectivity index (χ0n) is 17.6. The van der Waals surface area contributed by atoms with E-state index in [2.05, 4.69) is 22.8 Å². The van der Waals surface area contributed by atoms with Gasteiger partial charge in [-0.25, -0.2) is 4.79 Å². The van der Waals surface area contributed by atoms with Crippen molar-refractivity contribution in [2.45, 2.75) is 48.8 Å². The molecule has 1 aliphatic heterocycles. The Labute approximate surface area is 186 Å². The fraction of sp³-hybridized carbons (Fsp3) is 0.375. The summed E-state index contributed by atoms with van der Waals surface area (Å²) in [7, 11) is 0. The number of carbonyl (C=O) groups is 3. The number of urea groups is 1. The summed E-state index contributed by atoms with van der Waals surface area (Å²) in [6.07, 6.45) is 3.50. The van der Waals surface area contributed by atoms with Crippen LogP contribution < -0.4 is 10.6 Å². The lowest BCUT2D eigenvalue weighted by Crippen LogP contribution is -2.54. The number of imide groups is 1. The van der Waals surface area contributed by atoms with E-state index in [1.165, 1.54) is 5.56 Å². The highest BCUT2D eigenvalue weighted by molar-refractivity contribution is 7.98. The van der Waals surface area contributed by atoms with Crippen molar-refractivity contribution in [2.75, 3.05) is 11.9 Å². The summed E-state index contributed by atoms with van der Waals surface area (Å²) in [6.45, 7) is 1.72. The molecule has 1 saturated heterocycles. The van der Waals surface area contributed by atoms with Crippen LogP contribution in [0.5, 0.6) is 0 Å². The molecule has 2 fully saturated rings. The first-order chi connectivity index (χ1) is 15.0. The second-order valence-electron chi connectivity index (χ2n) is 8.26. The molecule has 4 rings (SSSR count). The molecule has 162 valence electrons. The number of amides is 4. The molecule has 2 aromatic rings. The van der Waals surface area contributed by atoms with Crippen LogP contribution in [0.2, 0.25) is 0 Å². The van der Waals surface area contributed by atoms with E-state index in [9.17, 15) is 14.4 Å². The lowest BCUT2D eigenvalue weighted by atomic mass is 9.73. The Hall–Kier alpha value is -2.80. The van der Waals surface area contributed by atoms with Crippen LogP contribution in [0.15, 0.2) is 59.5 Å². The molecule has 1 saturated carbocycles. The van der Waals surface area contributed by atoms with Crippen molar-refractivity contribution in [2.24, 2.45) is 5.92 Å². The van der Waals surface area contributed by atoms with Gasteiger partial charge in [-0.2, -0.15) is 0 Å². The van der Waals surface area contributed by atoms with Gasteiger partial charge in [-0.1, -0.05) is 62.2 Å². The highest BCUT2D eigenvalue weighted by Gasteiger charge is 2.55. The Bertz CT molecular complexity index is 981. The minimum Gasteiger partial charge on any atom is -0.324 e. The maximum Gasteiger partial charge on any atom is 0.325 e. The monoisotopic (exact) mass is 437 g/mol. The molecule has 1 aliphatic carbocycles. The molecule has 2 atom stereocenters. The van der Waals surface area contributed by atoms with Gasteiger partial charge >= 0.3 is 6.03 Å². The van der Waals surface area contributed by atoms with Gasteiger partial charge in [-0.15, -0.1) is 11.8 Å². The zero-order chi connectivity index (χ0) is 21.8. The maximum atomic E-state index is 13.1. The normalized spacial score (nSPS) is 23.1. The maximum absolute atomic E-state index is 13.1. The largest absolute Gasteiger partial charge is 0.325 e. The van der Waals surface area contributed by atoms with Crippen LogP contribution in [0.1, 0.15) is 38.2 Å². The molecule has 2 aliphatic rings. The predicted molar refractivity (Wildman–Crippen MR) is 122 cm³/mol. The highest BCUT2D eigenvalue weighted by Crippen LogP contribution is 2.38. The molecule has 0 radical (unpaired) electrons. The van der Waals surface area contributed by atoms with E-state index in [4.69, 9.17) is 0 Å². The number of hydrogen-bond donors (Lipinski definition) is 2. The Balaban J connectivity index is 1.41. The SMILES string of the molecule is C[C@H]1CCCC[C@]12NC(=O)N(CC(=O)Nc1ccccc1SCc1ccccc1)C2=O. The molecule has 1 spiro atoms. The number of benzene rings is 2. The standard InChI is InChI=1S/C24H27N3O3S/c1-17-9-7-8-14-24(17)22(29)27(23(30)26-24)15-21(28)25-19-12-5-6-13-20(19)31-16-18-10-3-2-4-11-18/h2-6,10-13,17H,7-9,14-16H2,1H3,(H,25,28)(H,26,30)/t17-,24-/m0/s1. The van der Waals surface area contributed by atoms with Gasteiger partial charge in [0, 0.05) is 10.6 Å². The molecular weight excluding hydrogens is 410 g/mol. The Morgan fingerprint density at radius 3 is 2.65 bits per heavy atom. The molecule has 0 bridgehead atoms. The van der Waals surface area contributed by atoms with E-state index in [1.807, 2.05) is 49.4 Å². The van der Waals surface area contributed by atoms with Crippen LogP contribution >= 0.6 is 11.8 Å². The lowest BCUT2D eigenvalue weighted by Gasteiger charge is -2.36. The molecule has 31 heavy (non-hydrogen) atoms. The van der Waals surface area contributed by atoms with E-state index < -0.39 is 11.6 Å². The van der Waals surface area contributed by atoms with E-state index in [-0.39, 0.29) is 24.3 Å². The van der Waals surface area contributed by atoms with Crippen LogP contribution in [0.25, 0.3) is 0 Å². The van der Waals surface area contributed by atoms with Crippen molar-refractivity contribution >= 4 is 35.3 Å². The summed E-state index contributed by atoms with van der Waals surface area (Å²) >= 11 is 1.63. The van der Waals surface area contributed by atoms with Gasteiger partial charge < -0.3 is 10.6 Å². The number of rotatable bonds is 6. The van der Waals surface area contributed by atoms with Gasteiger partial charge in [0.15, 0.2) is 0 Å². The van der Waals surface area contributed by atoms with Gasteiger partial charge in [0.2, 0.25) is 5.91 Å². The number of thioether (sulfide) groups is 1. The van der Waals surface area contributed by atoms with E-state index in [1.54, 1.807) is 11.8 Å². The quantitative estimate of drug-likeness (QED) is 0.518. The number of hydrogen-bond acceptors (Lipinski definition) is 4. The van der Waals surface area contributed by atoms with Crippen molar-refractivity contribution < 1.29 is 14.4 Å². The van der Waals surface area contributed by atoms with Gasteiger partial charge in [0.05, 0.1) is 5.69 Å². The van der Waals surface area contributed by atoms with E-state index in [0.717, 1.165) is 34.8 Å². The van der Waals surface area contributed by atoms with E-state index >= 15 is 0 Å². The number of carbonyl (C=O) groups excluding carboxylic acids is 3. The van der Waals surface area contributed by atoms with E-state index in [0.29, 0.717) is 12.1 Å². The predicted octanol–water partition coefficient (Wildman–Crippen LogP) is 4.42. The van der Waals surface area contributed by atoms with Crippen LogP contribution in [0.3, 0.4) is 0 Å².